The number of rotatable bonds is 8. The zero-order valence-corrected chi connectivity index (χ0v) is 8.76. The van der Waals surface area contributed by atoms with Gasteiger partial charge < -0.3 is 21.7 Å². The van der Waals surface area contributed by atoms with E-state index < -0.39 is 24.0 Å². The lowest BCUT2D eigenvalue weighted by Crippen LogP contribution is -2.35. The van der Waals surface area contributed by atoms with Gasteiger partial charge in [0.15, 0.2) is 0 Å². The lowest BCUT2D eigenvalue weighted by Gasteiger charge is -2.10. The molecular formula is C9H16N2O5. The van der Waals surface area contributed by atoms with Gasteiger partial charge >= 0.3 is 11.9 Å². The number of carbonyl (C=O) groups is 3. The van der Waals surface area contributed by atoms with Crippen molar-refractivity contribution in [3.63, 3.8) is 0 Å². The van der Waals surface area contributed by atoms with Crippen molar-refractivity contribution in [2.75, 3.05) is 0 Å². The molecule has 0 saturated carbocycles. The van der Waals surface area contributed by atoms with Crippen molar-refractivity contribution < 1.29 is 24.6 Å². The average Bonchev–Trinajstić information content (AvgIpc) is 2.21. The van der Waals surface area contributed by atoms with Gasteiger partial charge in [-0.25, -0.2) is 0 Å². The lowest BCUT2D eigenvalue weighted by molar-refractivity contribution is -0.139. The molecule has 7 heteroatoms. The summed E-state index contributed by atoms with van der Waals surface area (Å²) in [7, 11) is 0. The molecule has 0 saturated heterocycles. The largest absolute Gasteiger partial charge is 0.481 e. The van der Waals surface area contributed by atoms with Crippen molar-refractivity contribution >= 4 is 17.7 Å². The zero-order chi connectivity index (χ0) is 12.7. The van der Waals surface area contributed by atoms with Crippen molar-refractivity contribution in [2.24, 2.45) is 11.5 Å². The smallest absolute Gasteiger partial charge is 0.320 e. The number of carboxylic acid groups (broad SMARTS) is 2. The van der Waals surface area contributed by atoms with Crippen LogP contribution in [0.4, 0.5) is 0 Å². The molecule has 0 aromatic heterocycles. The molecule has 0 rings (SSSR count). The summed E-state index contributed by atoms with van der Waals surface area (Å²) in [4.78, 5) is 31.9. The third-order valence-electron chi connectivity index (χ3n) is 2.10. The Bertz CT molecular complexity index is 279. The standard InChI is InChI=1S/C9H16N2O5/c10-5(2-4-8(13)14)7(12)3-1-6(11)9(15)16/h5-6H,1-4,10-11H2,(H,13,14)(H,15,16)/t5-,6?/m1/s1. The molecule has 0 aliphatic carbocycles. The van der Waals surface area contributed by atoms with Crippen LogP contribution in [0.1, 0.15) is 25.7 Å². The molecule has 0 aromatic carbocycles. The van der Waals surface area contributed by atoms with Crippen molar-refractivity contribution in [1.82, 2.24) is 0 Å². The third-order valence-corrected chi connectivity index (χ3v) is 2.10. The lowest BCUT2D eigenvalue weighted by atomic mass is 10.0. The second kappa shape index (κ2) is 6.91. The van der Waals surface area contributed by atoms with E-state index in [0.717, 1.165) is 0 Å². The van der Waals surface area contributed by atoms with Crippen molar-refractivity contribution in [3.05, 3.63) is 0 Å². The summed E-state index contributed by atoms with van der Waals surface area (Å²) in [5, 5.41) is 16.8. The molecule has 0 spiro atoms. The predicted octanol–water partition coefficient (Wildman–Crippen LogP) is -1.06. The Hall–Kier alpha value is -1.47. The molecule has 16 heavy (non-hydrogen) atoms. The highest BCUT2D eigenvalue weighted by Crippen LogP contribution is 2.03. The monoisotopic (exact) mass is 232 g/mol. The SMILES string of the molecule is NC(CCC(=O)[C@H](N)CCC(=O)O)C(=O)O. The summed E-state index contributed by atoms with van der Waals surface area (Å²) in [6.45, 7) is 0. The van der Waals surface area contributed by atoms with Gasteiger partial charge in [0, 0.05) is 12.8 Å². The highest BCUT2D eigenvalue weighted by Gasteiger charge is 2.18. The number of hydrogen-bond acceptors (Lipinski definition) is 5. The van der Waals surface area contributed by atoms with Gasteiger partial charge in [0.2, 0.25) is 0 Å². The first kappa shape index (κ1) is 14.5. The minimum absolute atomic E-state index is 0.00887. The summed E-state index contributed by atoms with van der Waals surface area (Å²) < 4.78 is 0. The van der Waals surface area contributed by atoms with E-state index in [9.17, 15) is 14.4 Å². The van der Waals surface area contributed by atoms with Crippen LogP contribution in [0.5, 0.6) is 0 Å². The molecule has 0 fully saturated rings. The van der Waals surface area contributed by atoms with Crippen molar-refractivity contribution in [3.8, 4) is 0 Å². The quantitative estimate of drug-likeness (QED) is 0.417. The molecule has 0 amide bonds. The molecule has 92 valence electrons. The van der Waals surface area contributed by atoms with Crippen molar-refractivity contribution in [2.45, 2.75) is 37.8 Å². The van der Waals surface area contributed by atoms with E-state index in [-0.39, 0.29) is 31.5 Å². The van der Waals surface area contributed by atoms with Gasteiger partial charge in [-0.3, -0.25) is 14.4 Å². The molecule has 0 bridgehead atoms. The van der Waals surface area contributed by atoms with E-state index in [2.05, 4.69) is 0 Å². The molecule has 0 heterocycles. The van der Waals surface area contributed by atoms with E-state index in [1.807, 2.05) is 0 Å². The van der Waals surface area contributed by atoms with Gasteiger partial charge in [-0.2, -0.15) is 0 Å². The molecule has 0 aromatic rings. The normalized spacial score (nSPS) is 14.1. The Balaban J connectivity index is 3.87. The minimum Gasteiger partial charge on any atom is -0.481 e. The number of hydrogen-bond donors (Lipinski definition) is 4. The minimum atomic E-state index is -1.17. The maximum absolute atomic E-state index is 11.3. The first-order valence-electron chi connectivity index (χ1n) is 4.83. The van der Waals surface area contributed by atoms with Crippen LogP contribution in [0.3, 0.4) is 0 Å². The molecule has 0 radical (unpaired) electrons. The highest BCUT2D eigenvalue weighted by atomic mass is 16.4. The van der Waals surface area contributed by atoms with E-state index in [0.29, 0.717) is 0 Å². The summed E-state index contributed by atoms with van der Waals surface area (Å²) in [5.74, 6) is -2.56. The number of aliphatic carboxylic acids is 2. The molecule has 7 nitrogen and oxygen atoms in total. The van der Waals surface area contributed by atoms with Gasteiger partial charge in [-0.05, 0) is 12.8 Å². The van der Waals surface area contributed by atoms with E-state index in [4.69, 9.17) is 21.7 Å². The average molecular weight is 232 g/mol. The topological polar surface area (TPSA) is 144 Å². The van der Waals surface area contributed by atoms with E-state index in [1.54, 1.807) is 0 Å². The van der Waals surface area contributed by atoms with Crippen LogP contribution in [-0.2, 0) is 14.4 Å². The number of Topliss-reactive ketones (excluding diaryl/α,β-unsaturated/α-hetero) is 1. The van der Waals surface area contributed by atoms with Gasteiger partial charge in [0.05, 0.1) is 6.04 Å². The maximum atomic E-state index is 11.3. The fourth-order valence-corrected chi connectivity index (χ4v) is 1.05. The van der Waals surface area contributed by atoms with Crippen molar-refractivity contribution in [1.29, 1.82) is 0 Å². The van der Waals surface area contributed by atoms with Crippen LogP contribution >= 0.6 is 0 Å². The van der Waals surface area contributed by atoms with E-state index >= 15 is 0 Å². The van der Waals surface area contributed by atoms with Crippen LogP contribution in [0.2, 0.25) is 0 Å². The summed E-state index contributed by atoms with van der Waals surface area (Å²) in [6.07, 6.45) is -0.169. The Morgan fingerprint density at radius 3 is 1.88 bits per heavy atom. The Labute approximate surface area is 92.4 Å². The Morgan fingerprint density at radius 1 is 0.938 bits per heavy atom. The van der Waals surface area contributed by atoms with Crippen LogP contribution in [0, 0.1) is 0 Å². The number of nitrogens with two attached hydrogens (primary N) is 2. The molecule has 2 atom stereocenters. The zero-order valence-electron chi connectivity index (χ0n) is 8.76. The fraction of sp³-hybridized carbons (Fsp3) is 0.667. The Morgan fingerprint density at radius 2 is 1.44 bits per heavy atom. The fourth-order valence-electron chi connectivity index (χ4n) is 1.05. The summed E-state index contributed by atoms with van der Waals surface area (Å²) in [5.41, 5.74) is 10.6. The Kier molecular flexibility index (Phi) is 6.28. The molecule has 0 aliphatic heterocycles. The summed E-state index contributed by atoms with van der Waals surface area (Å²) >= 11 is 0. The first-order valence-corrected chi connectivity index (χ1v) is 4.83. The second-order valence-corrected chi connectivity index (χ2v) is 3.49. The van der Waals surface area contributed by atoms with Crippen LogP contribution in [0.25, 0.3) is 0 Å². The second-order valence-electron chi connectivity index (χ2n) is 3.49. The third kappa shape index (κ3) is 6.10. The molecule has 0 aliphatic rings. The van der Waals surface area contributed by atoms with Crippen LogP contribution < -0.4 is 11.5 Å². The molecular weight excluding hydrogens is 216 g/mol. The molecule has 1 unspecified atom stereocenters. The molecule has 6 N–H and O–H groups in total. The van der Waals surface area contributed by atoms with Gasteiger partial charge in [0.25, 0.3) is 0 Å². The summed E-state index contributed by atoms with van der Waals surface area (Å²) in [6, 6.07) is -1.95. The predicted molar refractivity (Wildman–Crippen MR) is 54.7 cm³/mol. The van der Waals surface area contributed by atoms with Gasteiger partial charge in [-0.1, -0.05) is 0 Å². The first-order chi connectivity index (χ1) is 7.34. The van der Waals surface area contributed by atoms with Gasteiger partial charge in [-0.15, -0.1) is 0 Å². The van der Waals surface area contributed by atoms with Crippen LogP contribution in [0.15, 0.2) is 0 Å². The van der Waals surface area contributed by atoms with Crippen LogP contribution in [-0.4, -0.2) is 40.0 Å². The highest BCUT2D eigenvalue weighted by molar-refractivity contribution is 5.85. The maximum Gasteiger partial charge on any atom is 0.320 e. The van der Waals surface area contributed by atoms with Gasteiger partial charge in [0.1, 0.15) is 11.8 Å². The van der Waals surface area contributed by atoms with E-state index in [1.165, 1.54) is 0 Å². The number of ketones is 1. The number of carboxylic acids is 2. The number of carbonyl (C=O) groups excluding carboxylic acids is 1.